The molecule has 2 aromatic heterocycles. The molecule has 0 aliphatic rings. The van der Waals surface area contributed by atoms with Crippen LogP contribution in [0.4, 0.5) is 0 Å². The van der Waals surface area contributed by atoms with Gasteiger partial charge in [0, 0.05) is 30.9 Å². The first kappa shape index (κ1) is 18.0. The zero-order chi connectivity index (χ0) is 18.4. The zero-order valence-electron chi connectivity index (χ0n) is 14.4. The monoisotopic (exact) mass is 370 g/mol. The predicted molar refractivity (Wildman–Crippen MR) is 100 cm³/mol. The second-order valence-corrected chi connectivity index (χ2v) is 6.10. The van der Waals surface area contributed by atoms with Crippen molar-refractivity contribution in [1.82, 2.24) is 9.55 Å². The van der Waals surface area contributed by atoms with E-state index in [0.29, 0.717) is 22.9 Å². The van der Waals surface area contributed by atoms with Gasteiger partial charge < -0.3 is 14.0 Å². The van der Waals surface area contributed by atoms with Crippen molar-refractivity contribution in [3.8, 4) is 11.4 Å². The van der Waals surface area contributed by atoms with Crippen molar-refractivity contribution < 1.29 is 14.3 Å². The van der Waals surface area contributed by atoms with Crippen molar-refractivity contribution in [2.75, 3.05) is 13.7 Å². The Balaban J connectivity index is 1.66. The molecule has 6 heteroatoms. The Labute approximate surface area is 157 Å². The first-order valence-electron chi connectivity index (χ1n) is 8.26. The molecule has 0 atom stereocenters. The highest BCUT2D eigenvalue weighted by Gasteiger charge is 2.17. The summed E-state index contributed by atoms with van der Waals surface area (Å²) >= 11 is 6.34. The number of aromatic nitrogens is 2. The molecule has 3 rings (SSSR count). The topological polar surface area (TPSA) is 53.4 Å². The first-order chi connectivity index (χ1) is 12.7. The number of carbonyl (C=O) groups is 1. The van der Waals surface area contributed by atoms with Crippen LogP contribution in [0.5, 0.6) is 5.75 Å². The van der Waals surface area contributed by atoms with Gasteiger partial charge in [-0.15, -0.1) is 0 Å². The molecule has 0 unspecified atom stereocenters. The number of aryl methyl sites for hydroxylation is 1. The van der Waals surface area contributed by atoms with Gasteiger partial charge in [0.25, 0.3) is 0 Å². The van der Waals surface area contributed by atoms with Gasteiger partial charge >= 0.3 is 5.97 Å². The van der Waals surface area contributed by atoms with Crippen LogP contribution in [0.3, 0.4) is 0 Å². The van der Waals surface area contributed by atoms with E-state index in [1.165, 1.54) is 7.11 Å². The second kappa shape index (κ2) is 8.54. The Morgan fingerprint density at radius 1 is 1.23 bits per heavy atom. The molecule has 0 amide bonds. The molecule has 1 aromatic carbocycles. The summed E-state index contributed by atoms with van der Waals surface area (Å²) < 4.78 is 12.6. The van der Waals surface area contributed by atoms with Gasteiger partial charge in [-0.05, 0) is 42.7 Å². The normalized spacial score (nSPS) is 10.5. The number of halogens is 1. The molecule has 0 saturated heterocycles. The maximum atomic E-state index is 12.4. The standard InChI is InChI=1S/C20H19ClN2O3/c1-25-19-13-18(23-9-2-3-10-23)17(21)12-16(19)20(24)26-11-5-7-15-6-4-8-22-14-15/h2-4,6,8-10,12-14H,5,7,11H2,1H3. The number of carbonyl (C=O) groups excluding carboxylic acids is 1. The molecule has 0 N–H and O–H groups in total. The van der Waals surface area contributed by atoms with E-state index >= 15 is 0 Å². The molecular formula is C20H19ClN2O3. The Hall–Kier alpha value is -2.79. The molecule has 0 aliphatic heterocycles. The molecule has 134 valence electrons. The van der Waals surface area contributed by atoms with E-state index in [2.05, 4.69) is 4.98 Å². The van der Waals surface area contributed by atoms with E-state index in [0.717, 1.165) is 24.1 Å². The second-order valence-electron chi connectivity index (χ2n) is 5.69. The maximum absolute atomic E-state index is 12.4. The van der Waals surface area contributed by atoms with Crippen molar-refractivity contribution in [2.24, 2.45) is 0 Å². The first-order valence-corrected chi connectivity index (χ1v) is 8.63. The van der Waals surface area contributed by atoms with Gasteiger partial charge in [-0.25, -0.2) is 4.79 Å². The predicted octanol–water partition coefficient (Wildman–Crippen LogP) is 4.32. The average Bonchev–Trinajstić information content (AvgIpc) is 3.20. The summed E-state index contributed by atoms with van der Waals surface area (Å²) in [5, 5.41) is 0.448. The third kappa shape index (κ3) is 4.24. The molecular weight excluding hydrogens is 352 g/mol. The van der Waals surface area contributed by atoms with Crippen LogP contribution in [0.25, 0.3) is 5.69 Å². The SMILES string of the molecule is COc1cc(-n2cccc2)c(Cl)cc1C(=O)OCCCc1cccnc1. The van der Waals surface area contributed by atoms with E-state index in [-0.39, 0.29) is 0 Å². The molecule has 0 bridgehead atoms. The van der Waals surface area contributed by atoms with Crippen molar-refractivity contribution in [2.45, 2.75) is 12.8 Å². The minimum Gasteiger partial charge on any atom is -0.496 e. The van der Waals surface area contributed by atoms with Crippen LogP contribution in [0.15, 0.2) is 61.2 Å². The van der Waals surface area contributed by atoms with Gasteiger partial charge in [-0.2, -0.15) is 0 Å². The summed E-state index contributed by atoms with van der Waals surface area (Å²) in [6, 6.07) is 11.0. The van der Waals surface area contributed by atoms with E-state index < -0.39 is 5.97 Å². The van der Waals surface area contributed by atoms with E-state index in [1.54, 1.807) is 18.3 Å². The van der Waals surface area contributed by atoms with Crippen LogP contribution >= 0.6 is 11.6 Å². The lowest BCUT2D eigenvalue weighted by Gasteiger charge is -2.13. The smallest absolute Gasteiger partial charge is 0.341 e. The van der Waals surface area contributed by atoms with Crippen molar-refractivity contribution >= 4 is 17.6 Å². The van der Waals surface area contributed by atoms with Crippen molar-refractivity contribution in [3.63, 3.8) is 0 Å². The third-order valence-electron chi connectivity index (χ3n) is 3.94. The van der Waals surface area contributed by atoms with Gasteiger partial charge in [-0.3, -0.25) is 4.98 Å². The van der Waals surface area contributed by atoms with E-state index in [9.17, 15) is 4.79 Å². The van der Waals surface area contributed by atoms with Crippen LogP contribution in [-0.2, 0) is 11.2 Å². The molecule has 0 saturated carbocycles. The number of nitrogens with zero attached hydrogens (tertiary/aromatic N) is 2. The fourth-order valence-corrected chi connectivity index (χ4v) is 2.89. The largest absolute Gasteiger partial charge is 0.496 e. The van der Waals surface area contributed by atoms with E-state index in [4.69, 9.17) is 21.1 Å². The van der Waals surface area contributed by atoms with Crippen LogP contribution < -0.4 is 4.74 Å². The number of benzene rings is 1. The molecule has 0 fully saturated rings. The van der Waals surface area contributed by atoms with Crippen LogP contribution in [0.2, 0.25) is 5.02 Å². The van der Waals surface area contributed by atoms with Crippen LogP contribution in [0.1, 0.15) is 22.3 Å². The lowest BCUT2D eigenvalue weighted by molar-refractivity contribution is 0.0497. The summed E-state index contributed by atoms with van der Waals surface area (Å²) in [6.07, 6.45) is 8.80. The number of hydrogen-bond acceptors (Lipinski definition) is 4. The highest BCUT2D eigenvalue weighted by Crippen LogP contribution is 2.30. The number of esters is 1. The summed E-state index contributed by atoms with van der Waals surface area (Å²) in [6.45, 7) is 0.313. The number of pyridine rings is 1. The fourth-order valence-electron chi connectivity index (χ4n) is 2.63. The molecule has 2 heterocycles. The quantitative estimate of drug-likeness (QED) is 0.459. The summed E-state index contributed by atoms with van der Waals surface area (Å²) in [7, 11) is 1.52. The molecule has 5 nitrogen and oxygen atoms in total. The Bertz CT molecular complexity index is 864. The highest BCUT2D eigenvalue weighted by molar-refractivity contribution is 6.32. The van der Waals surface area contributed by atoms with Crippen LogP contribution in [-0.4, -0.2) is 29.2 Å². The molecule has 3 aromatic rings. The number of rotatable bonds is 7. The van der Waals surface area contributed by atoms with E-state index in [1.807, 2.05) is 47.4 Å². The molecule has 0 radical (unpaired) electrons. The number of ether oxygens (including phenoxy) is 2. The fraction of sp³-hybridized carbons (Fsp3) is 0.200. The Morgan fingerprint density at radius 2 is 2.04 bits per heavy atom. The number of hydrogen-bond donors (Lipinski definition) is 0. The number of methoxy groups -OCH3 is 1. The van der Waals surface area contributed by atoms with Gasteiger partial charge in [-0.1, -0.05) is 17.7 Å². The summed E-state index contributed by atoms with van der Waals surface area (Å²) in [4.78, 5) is 16.5. The lowest BCUT2D eigenvalue weighted by Crippen LogP contribution is -2.09. The molecule has 26 heavy (non-hydrogen) atoms. The molecule has 0 aliphatic carbocycles. The summed E-state index contributed by atoms with van der Waals surface area (Å²) in [5.41, 5.74) is 2.16. The minimum absolute atomic E-state index is 0.313. The minimum atomic E-state index is -0.450. The summed E-state index contributed by atoms with van der Waals surface area (Å²) in [5.74, 6) is -0.0237. The van der Waals surface area contributed by atoms with Gasteiger partial charge in [0.05, 0.1) is 24.4 Å². The van der Waals surface area contributed by atoms with Crippen LogP contribution in [0, 0.1) is 0 Å². The van der Waals surface area contributed by atoms with Gasteiger partial charge in [0.15, 0.2) is 0 Å². The van der Waals surface area contributed by atoms with Gasteiger partial charge in [0.2, 0.25) is 0 Å². The zero-order valence-corrected chi connectivity index (χ0v) is 15.1. The molecule has 0 spiro atoms. The average molecular weight is 371 g/mol. The Kier molecular flexibility index (Phi) is 5.92. The lowest BCUT2D eigenvalue weighted by atomic mass is 10.1. The Morgan fingerprint density at radius 3 is 2.73 bits per heavy atom. The van der Waals surface area contributed by atoms with Gasteiger partial charge in [0.1, 0.15) is 11.3 Å². The van der Waals surface area contributed by atoms with Crippen molar-refractivity contribution in [1.29, 1.82) is 0 Å². The maximum Gasteiger partial charge on any atom is 0.341 e. The van der Waals surface area contributed by atoms with Crippen molar-refractivity contribution in [3.05, 3.63) is 77.3 Å². The third-order valence-corrected chi connectivity index (χ3v) is 4.24. The highest BCUT2D eigenvalue weighted by atomic mass is 35.5.